The van der Waals surface area contributed by atoms with Crippen LogP contribution in [0, 0.1) is 5.92 Å². The standard InChI is InChI=1S/C11H17N3O3S/c1-8(10(15)16)4-13(2)11(17)14(3)5-9-6-18-7-12-9/h6-8H,4-5H2,1-3H3,(H,15,16). The van der Waals surface area contributed by atoms with Crippen molar-refractivity contribution in [2.75, 3.05) is 20.6 Å². The summed E-state index contributed by atoms with van der Waals surface area (Å²) in [7, 11) is 3.27. The topological polar surface area (TPSA) is 73.7 Å². The van der Waals surface area contributed by atoms with Crippen LogP contribution in [0.2, 0.25) is 0 Å². The molecule has 1 unspecified atom stereocenters. The largest absolute Gasteiger partial charge is 0.481 e. The number of nitrogens with zero attached hydrogens (tertiary/aromatic N) is 3. The van der Waals surface area contributed by atoms with Gasteiger partial charge in [0.25, 0.3) is 0 Å². The first-order chi connectivity index (χ1) is 8.41. The fraction of sp³-hybridized carbons (Fsp3) is 0.545. The van der Waals surface area contributed by atoms with Crippen LogP contribution >= 0.6 is 11.3 Å². The minimum Gasteiger partial charge on any atom is -0.481 e. The smallest absolute Gasteiger partial charge is 0.319 e. The zero-order chi connectivity index (χ0) is 13.7. The zero-order valence-electron chi connectivity index (χ0n) is 10.7. The van der Waals surface area contributed by atoms with Crippen LogP contribution in [0.15, 0.2) is 10.9 Å². The van der Waals surface area contributed by atoms with Crippen molar-refractivity contribution in [2.45, 2.75) is 13.5 Å². The molecule has 0 aromatic carbocycles. The van der Waals surface area contributed by atoms with Crippen LogP contribution in [0.25, 0.3) is 0 Å². The molecule has 0 radical (unpaired) electrons. The van der Waals surface area contributed by atoms with E-state index in [1.165, 1.54) is 21.1 Å². The van der Waals surface area contributed by atoms with Crippen LogP contribution in [-0.2, 0) is 11.3 Å². The highest BCUT2D eigenvalue weighted by Gasteiger charge is 2.20. The van der Waals surface area contributed by atoms with E-state index in [-0.39, 0.29) is 12.6 Å². The Morgan fingerprint density at radius 2 is 2.11 bits per heavy atom. The molecule has 100 valence electrons. The van der Waals surface area contributed by atoms with Gasteiger partial charge < -0.3 is 14.9 Å². The van der Waals surface area contributed by atoms with Crippen LogP contribution in [0.3, 0.4) is 0 Å². The van der Waals surface area contributed by atoms with Crippen molar-refractivity contribution in [3.63, 3.8) is 0 Å². The maximum Gasteiger partial charge on any atom is 0.319 e. The first kappa shape index (κ1) is 14.4. The predicted octanol–water partition coefficient (Wildman–Crippen LogP) is 1.35. The summed E-state index contributed by atoms with van der Waals surface area (Å²) in [5, 5.41) is 10.7. The molecule has 1 atom stereocenters. The Hall–Kier alpha value is -1.63. The maximum atomic E-state index is 12.0. The third-order valence-electron chi connectivity index (χ3n) is 2.51. The monoisotopic (exact) mass is 271 g/mol. The van der Waals surface area contributed by atoms with E-state index in [2.05, 4.69) is 4.98 Å². The number of aromatic nitrogens is 1. The summed E-state index contributed by atoms with van der Waals surface area (Å²) in [6, 6.07) is -0.212. The van der Waals surface area contributed by atoms with Gasteiger partial charge in [0.2, 0.25) is 0 Å². The summed E-state index contributed by atoms with van der Waals surface area (Å²) in [5.41, 5.74) is 2.54. The molecule has 1 aromatic heterocycles. The average molecular weight is 271 g/mol. The van der Waals surface area contributed by atoms with Gasteiger partial charge in [-0.25, -0.2) is 9.78 Å². The number of aliphatic carboxylic acids is 1. The van der Waals surface area contributed by atoms with E-state index >= 15 is 0 Å². The quantitative estimate of drug-likeness (QED) is 0.877. The molecule has 18 heavy (non-hydrogen) atoms. The summed E-state index contributed by atoms with van der Waals surface area (Å²) in [6.07, 6.45) is 0. The van der Waals surface area contributed by atoms with Gasteiger partial charge in [-0.3, -0.25) is 4.79 Å². The Labute approximate surface area is 110 Å². The van der Waals surface area contributed by atoms with Gasteiger partial charge in [0, 0.05) is 26.0 Å². The molecule has 1 heterocycles. The molecule has 0 fully saturated rings. The van der Waals surface area contributed by atoms with E-state index in [1.54, 1.807) is 26.5 Å². The number of carboxylic acid groups (broad SMARTS) is 1. The number of hydrogen-bond donors (Lipinski definition) is 1. The molecule has 0 spiro atoms. The number of rotatable bonds is 5. The number of urea groups is 1. The van der Waals surface area contributed by atoms with Crippen molar-refractivity contribution < 1.29 is 14.7 Å². The van der Waals surface area contributed by atoms with E-state index in [1.807, 2.05) is 5.38 Å². The lowest BCUT2D eigenvalue weighted by Gasteiger charge is -2.25. The molecule has 0 aliphatic heterocycles. The molecular formula is C11H17N3O3S. The fourth-order valence-electron chi connectivity index (χ4n) is 1.48. The van der Waals surface area contributed by atoms with Gasteiger partial charge in [-0.2, -0.15) is 0 Å². The second kappa shape index (κ2) is 6.34. The third kappa shape index (κ3) is 3.99. The highest BCUT2D eigenvalue weighted by atomic mass is 32.1. The number of hydrogen-bond acceptors (Lipinski definition) is 4. The van der Waals surface area contributed by atoms with Gasteiger partial charge >= 0.3 is 12.0 Å². The van der Waals surface area contributed by atoms with Crippen molar-refractivity contribution in [1.29, 1.82) is 0 Å². The highest BCUT2D eigenvalue weighted by molar-refractivity contribution is 7.07. The normalized spacial score (nSPS) is 11.9. The Morgan fingerprint density at radius 1 is 1.44 bits per heavy atom. The van der Waals surface area contributed by atoms with Crippen LogP contribution < -0.4 is 0 Å². The molecule has 1 N–H and O–H groups in total. The Morgan fingerprint density at radius 3 is 2.61 bits per heavy atom. The van der Waals surface area contributed by atoms with Crippen molar-refractivity contribution in [1.82, 2.24) is 14.8 Å². The summed E-state index contributed by atoms with van der Waals surface area (Å²) in [4.78, 5) is 29.7. The summed E-state index contributed by atoms with van der Waals surface area (Å²) < 4.78 is 0. The second-order valence-corrected chi connectivity index (χ2v) is 4.96. The minimum atomic E-state index is -0.906. The van der Waals surface area contributed by atoms with Gasteiger partial charge in [-0.1, -0.05) is 6.92 Å². The lowest BCUT2D eigenvalue weighted by molar-refractivity contribution is -0.141. The van der Waals surface area contributed by atoms with E-state index in [0.717, 1.165) is 5.69 Å². The summed E-state index contributed by atoms with van der Waals surface area (Å²) in [6.45, 7) is 2.19. The van der Waals surface area contributed by atoms with E-state index in [4.69, 9.17) is 5.11 Å². The lowest BCUT2D eigenvalue weighted by atomic mass is 10.2. The van der Waals surface area contributed by atoms with Crippen molar-refractivity contribution in [3.8, 4) is 0 Å². The number of carbonyl (C=O) groups excluding carboxylic acids is 1. The fourth-order valence-corrected chi connectivity index (χ4v) is 2.03. The van der Waals surface area contributed by atoms with Crippen molar-refractivity contribution in [2.24, 2.45) is 5.92 Å². The molecule has 0 saturated heterocycles. The minimum absolute atomic E-state index is 0.190. The van der Waals surface area contributed by atoms with Gasteiger partial charge in [0.1, 0.15) is 0 Å². The molecule has 0 aliphatic carbocycles. The van der Waals surface area contributed by atoms with Gasteiger partial charge in [-0.05, 0) is 0 Å². The van der Waals surface area contributed by atoms with Crippen LogP contribution in [-0.4, -0.2) is 52.5 Å². The van der Waals surface area contributed by atoms with E-state index in [9.17, 15) is 9.59 Å². The molecule has 2 amide bonds. The molecule has 1 rings (SSSR count). The number of carboxylic acids is 1. The average Bonchev–Trinajstić information content (AvgIpc) is 2.80. The van der Waals surface area contributed by atoms with Crippen molar-refractivity contribution in [3.05, 3.63) is 16.6 Å². The van der Waals surface area contributed by atoms with Crippen molar-refractivity contribution >= 4 is 23.3 Å². The van der Waals surface area contributed by atoms with E-state index < -0.39 is 11.9 Å². The summed E-state index contributed by atoms with van der Waals surface area (Å²) in [5.74, 6) is -1.48. The molecular weight excluding hydrogens is 254 g/mol. The number of carbonyl (C=O) groups is 2. The van der Waals surface area contributed by atoms with Gasteiger partial charge in [0.15, 0.2) is 0 Å². The first-order valence-electron chi connectivity index (χ1n) is 5.48. The molecule has 7 heteroatoms. The van der Waals surface area contributed by atoms with Crippen LogP contribution in [0.5, 0.6) is 0 Å². The zero-order valence-corrected chi connectivity index (χ0v) is 11.5. The van der Waals surface area contributed by atoms with Gasteiger partial charge in [-0.15, -0.1) is 11.3 Å². The van der Waals surface area contributed by atoms with Crippen LogP contribution in [0.1, 0.15) is 12.6 Å². The second-order valence-electron chi connectivity index (χ2n) is 4.24. The van der Waals surface area contributed by atoms with E-state index in [0.29, 0.717) is 6.54 Å². The lowest BCUT2D eigenvalue weighted by Crippen LogP contribution is -2.41. The Bertz CT molecular complexity index is 408. The molecule has 0 saturated carbocycles. The number of thiazole rings is 1. The highest BCUT2D eigenvalue weighted by Crippen LogP contribution is 2.07. The molecule has 1 aromatic rings. The predicted molar refractivity (Wildman–Crippen MR) is 68.4 cm³/mol. The third-order valence-corrected chi connectivity index (χ3v) is 3.14. The Kier molecular flexibility index (Phi) is 5.08. The van der Waals surface area contributed by atoms with Gasteiger partial charge in [0.05, 0.1) is 23.7 Å². The molecule has 0 aliphatic rings. The first-order valence-corrected chi connectivity index (χ1v) is 6.42. The SMILES string of the molecule is CC(CN(C)C(=O)N(C)Cc1cscn1)C(=O)O. The number of amides is 2. The summed E-state index contributed by atoms with van der Waals surface area (Å²) >= 11 is 1.48. The molecule has 6 nitrogen and oxygen atoms in total. The maximum absolute atomic E-state index is 12.0. The van der Waals surface area contributed by atoms with Crippen LogP contribution in [0.4, 0.5) is 4.79 Å². The molecule has 0 bridgehead atoms. The Balaban J connectivity index is 2.50.